The lowest BCUT2D eigenvalue weighted by molar-refractivity contribution is 0.105. The molecule has 1 saturated heterocycles. The quantitative estimate of drug-likeness (QED) is 0.469. The van der Waals surface area contributed by atoms with Crippen LogP contribution in [0.25, 0.3) is 10.9 Å². The highest BCUT2D eigenvalue weighted by molar-refractivity contribution is 5.85. The number of nitrogens with zero attached hydrogens (tertiary/aromatic N) is 2. The first-order chi connectivity index (χ1) is 16.3. The number of ether oxygens (including phenoxy) is 2. The molecule has 5 nitrogen and oxygen atoms in total. The number of para-hydroxylation sites is 1. The Balaban J connectivity index is 1.33. The highest BCUT2D eigenvalue weighted by Gasteiger charge is 2.31. The first-order valence-electron chi connectivity index (χ1n) is 11.7. The van der Waals surface area contributed by atoms with Crippen molar-refractivity contribution in [3.05, 3.63) is 95.2 Å². The summed E-state index contributed by atoms with van der Waals surface area (Å²) in [7, 11) is 0. The van der Waals surface area contributed by atoms with E-state index < -0.39 is 0 Å². The minimum atomic E-state index is 0.162. The van der Waals surface area contributed by atoms with Gasteiger partial charge in [0.15, 0.2) is 11.5 Å². The number of aryl methyl sites for hydroxylation is 1. The van der Waals surface area contributed by atoms with Crippen molar-refractivity contribution in [2.24, 2.45) is 0 Å². The molecule has 3 heterocycles. The van der Waals surface area contributed by atoms with Crippen molar-refractivity contribution in [1.29, 1.82) is 0 Å². The van der Waals surface area contributed by atoms with Crippen molar-refractivity contribution in [2.45, 2.75) is 19.5 Å². The van der Waals surface area contributed by atoms with Crippen LogP contribution in [0.2, 0.25) is 0 Å². The fraction of sp³-hybridized carbons (Fsp3) is 0.286. The average Bonchev–Trinajstić information content (AvgIpc) is 3.45. The SMILES string of the molecule is Cc1[nH]c2ccccc2c1[C@H](c1ccc2c(c1)OCO2)N1CCN(Cc2ccccc2)CC1. The molecule has 0 spiro atoms. The molecule has 0 amide bonds. The lowest BCUT2D eigenvalue weighted by atomic mass is 9.93. The number of nitrogens with one attached hydrogen (secondary N) is 1. The zero-order chi connectivity index (χ0) is 22.2. The molecule has 2 aliphatic rings. The largest absolute Gasteiger partial charge is 0.454 e. The topological polar surface area (TPSA) is 40.7 Å². The molecule has 33 heavy (non-hydrogen) atoms. The molecule has 0 bridgehead atoms. The van der Waals surface area contributed by atoms with Crippen LogP contribution in [-0.2, 0) is 6.54 Å². The van der Waals surface area contributed by atoms with E-state index in [1.54, 1.807) is 0 Å². The Hall–Kier alpha value is -3.28. The second kappa shape index (κ2) is 8.58. The molecule has 0 aliphatic carbocycles. The summed E-state index contributed by atoms with van der Waals surface area (Å²) in [5.41, 5.74) is 6.42. The fourth-order valence-corrected chi connectivity index (χ4v) is 5.32. The van der Waals surface area contributed by atoms with E-state index in [0.717, 1.165) is 44.2 Å². The van der Waals surface area contributed by atoms with Gasteiger partial charge in [0.1, 0.15) is 0 Å². The number of fused-ring (bicyclic) bond motifs is 2. The van der Waals surface area contributed by atoms with E-state index in [0.29, 0.717) is 6.79 Å². The molecule has 168 valence electrons. The summed E-state index contributed by atoms with van der Waals surface area (Å²) >= 11 is 0. The van der Waals surface area contributed by atoms with Crippen LogP contribution in [-0.4, -0.2) is 47.8 Å². The van der Waals surface area contributed by atoms with Gasteiger partial charge >= 0.3 is 0 Å². The normalized spacial score (nSPS) is 17.5. The summed E-state index contributed by atoms with van der Waals surface area (Å²) in [6.45, 7) is 7.65. The molecule has 3 aromatic carbocycles. The van der Waals surface area contributed by atoms with Gasteiger partial charge in [0.2, 0.25) is 6.79 Å². The van der Waals surface area contributed by atoms with Gasteiger partial charge < -0.3 is 14.5 Å². The summed E-state index contributed by atoms with van der Waals surface area (Å²) in [5, 5.41) is 1.30. The van der Waals surface area contributed by atoms with Crippen LogP contribution in [0.4, 0.5) is 0 Å². The lowest BCUT2D eigenvalue weighted by Crippen LogP contribution is -2.47. The number of hydrogen-bond acceptors (Lipinski definition) is 4. The molecule has 0 saturated carbocycles. The molecule has 1 fully saturated rings. The van der Waals surface area contributed by atoms with E-state index in [-0.39, 0.29) is 6.04 Å². The predicted octanol–water partition coefficient (Wildman–Crippen LogP) is 5.11. The van der Waals surface area contributed by atoms with Crippen LogP contribution in [0.3, 0.4) is 0 Å². The Morgan fingerprint density at radius 2 is 1.61 bits per heavy atom. The van der Waals surface area contributed by atoms with Crippen LogP contribution in [0.5, 0.6) is 11.5 Å². The van der Waals surface area contributed by atoms with E-state index in [9.17, 15) is 0 Å². The van der Waals surface area contributed by atoms with Gasteiger partial charge in [-0.3, -0.25) is 9.80 Å². The molecular weight excluding hydrogens is 410 g/mol. The molecule has 1 N–H and O–H groups in total. The maximum atomic E-state index is 5.74. The number of rotatable bonds is 5. The number of benzene rings is 3. The number of aromatic nitrogens is 1. The molecule has 2 aliphatic heterocycles. The Labute approximate surface area is 194 Å². The fourth-order valence-electron chi connectivity index (χ4n) is 5.32. The maximum Gasteiger partial charge on any atom is 0.231 e. The van der Waals surface area contributed by atoms with Gasteiger partial charge in [-0.2, -0.15) is 0 Å². The first kappa shape index (κ1) is 20.3. The molecule has 1 atom stereocenters. The van der Waals surface area contributed by atoms with Crippen molar-refractivity contribution in [1.82, 2.24) is 14.8 Å². The van der Waals surface area contributed by atoms with Gasteiger partial charge in [0, 0.05) is 54.9 Å². The van der Waals surface area contributed by atoms with Crippen molar-refractivity contribution < 1.29 is 9.47 Å². The number of aromatic amines is 1. The lowest BCUT2D eigenvalue weighted by Gasteiger charge is -2.40. The summed E-state index contributed by atoms with van der Waals surface area (Å²) in [5.74, 6) is 1.68. The van der Waals surface area contributed by atoms with Crippen LogP contribution in [0.1, 0.15) is 28.4 Å². The standard InChI is InChI=1S/C28H29N3O2/c1-20-27(23-9-5-6-10-24(23)29-20)28(22-11-12-25-26(17-22)33-19-32-25)31-15-13-30(14-16-31)18-21-7-3-2-4-8-21/h2-12,17,28-29H,13-16,18-19H2,1H3/t28-/m0/s1. The van der Waals surface area contributed by atoms with Crippen molar-refractivity contribution in [3.8, 4) is 11.5 Å². The van der Waals surface area contributed by atoms with E-state index in [1.165, 1.54) is 33.3 Å². The first-order valence-corrected chi connectivity index (χ1v) is 11.7. The van der Waals surface area contributed by atoms with Gasteiger partial charge in [-0.25, -0.2) is 0 Å². The Morgan fingerprint density at radius 3 is 2.45 bits per heavy atom. The van der Waals surface area contributed by atoms with Gasteiger partial charge in [-0.05, 0) is 36.2 Å². The minimum absolute atomic E-state index is 0.162. The molecular formula is C28H29N3O2. The molecule has 0 unspecified atom stereocenters. The van der Waals surface area contributed by atoms with E-state index in [2.05, 4.69) is 94.5 Å². The number of H-pyrrole nitrogens is 1. The van der Waals surface area contributed by atoms with Gasteiger partial charge in [0.25, 0.3) is 0 Å². The van der Waals surface area contributed by atoms with E-state index >= 15 is 0 Å². The monoisotopic (exact) mass is 439 g/mol. The summed E-state index contributed by atoms with van der Waals surface area (Å²) in [6.07, 6.45) is 0. The average molecular weight is 440 g/mol. The van der Waals surface area contributed by atoms with Gasteiger partial charge in [0.05, 0.1) is 6.04 Å². The van der Waals surface area contributed by atoms with Crippen molar-refractivity contribution in [2.75, 3.05) is 33.0 Å². The van der Waals surface area contributed by atoms with Crippen LogP contribution < -0.4 is 9.47 Å². The third kappa shape index (κ3) is 3.88. The second-order valence-electron chi connectivity index (χ2n) is 9.02. The number of piperazine rings is 1. The van der Waals surface area contributed by atoms with E-state index in [4.69, 9.17) is 9.47 Å². The number of hydrogen-bond donors (Lipinski definition) is 1. The minimum Gasteiger partial charge on any atom is -0.454 e. The van der Waals surface area contributed by atoms with E-state index in [1.807, 2.05) is 0 Å². The van der Waals surface area contributed by atoms with Crippen LogP contribution >= 0.6 is 0 Å². The third-order valence-electron chi connectivity index (χ3n) is 6.95. The highest BCUT2D eigenvalue weighted by atomic mass is 16.7. The molecule has 0 radical (unpaired) electrons. The Kier molecular flexibility index (Phi) is 5.29. The molecule has 5 heteroatoms. The Morgan fingerprint density at radius 1 is 0.848 bits per heavy atom. The zero-order valence-corrected chi connectivity index (χ0v) is 19.0. The Bertz CT molecular complexity index is 1260. The molecule has 6 rings (SSSR count). The predicted molar refractivity (Wildman–Crippen MR) is 131 cm³/mol. The highest BCUT2D eigenvalue weighted by Crippen LogP contribution is 2.41. The smallest absolute Gasteiger partial charge is 0.231 e. The van der Waals surface area contributed by atoms with Crippen molar-refractivity contribution >= 4 is 10.9 Å². The summed E-state index contributed by atoms with van der Waals surface area (Å²) in [4.78, 5) is 8.80. The van der Waals surface area contributed by atoms with Gasteiger partial charge in [-0.15, -0.1) is 0 Å². The second-order valence-corrected chi connectivity index (χ2v) is 9.02. The maximum absolute atomic E-state index is 5.74. The van der Waals surface area contributed by atoms with Crippen LogP contribution in [0.15, 0.2) is 72.8 Å². The summed E-state index contributed by atoms with van der Waals surface area (Å²) < 4.78 is 11.3. The third-order valence-corrected chi connectivity index (χ3v) is 6.95. The van der Waals surface area contributed by atoms with Crippen LogP contribution in [0, 0.1) is 6.92 Å². The molecule has 4 aromatic rings. The van der Waals surface area contributed by atoms with Gasteiger partial charge in [-0.1, -0.05) is 54.6 Å². The molecule has 1 aromatic heterocycles. The zero-order valence-electron chi connectivity index (χ0n) is 19.0. The summed E-state index contributed by atoms with van der Waals surface area (Å²) in [6, 6.07) is 26.0. The van der Waals surface area contributed by atoms with Crippen molar-refractivity contribution in [3.63, 3.8) is 0 Å².